The molecule has 0 aliphatic heterocycles. The zero-order chi connectivity index (χ0) is 17.5. The maximum atomic E-state index is 12.1. The van der Waals surface area contributed by atoms with Crippen LogP contribution in [0.1, 0.15) is 27.0 Å². The van der Waals surface area contributed by atoms with Gasteiger partial charge in [0.1, 0.15) is 0 Å². The molecule has 0 bridgehead atoms. The number of hydrogen-bond acceptors (Lipinski definition) is 4. The van der Waals surface area contributed by atoms with E-state index < -0.39 is 4.92 Å². The Bertz CT molecular complexity index is 730. The molecule has 0 radical (unpaired) electrons. The number of hydrogen-bond donors (Lipinski definition) is 1. The molecule has 0 aliphatic rings. The summed E-state index contributed by atoms with van der Waals surface area (Å²) in [6, 6.07) is 12.8. The van der Waals surface area contributed by atoms with Gasteiger partial charge in [-0.3, -0.25) is 14.9 Å². The number of nitrogens with one attached hydrogen (secondary N) is 1. The summed E-state index contributed by atoms with van der Waals surface area (Å²) in [6.45, 7) is 4.25. The maximum absolute atomic E-state index is 12.1. The van der Waals surface area contributed by atoms with Crippen molar-refractivity contribution in [2.24, 2.45) is 0 Å². The van der Waals surface area contributed by atoms with Crippen LogP contribution in [-0.2, 0) is 5.75 Å². The van der Waals surface area contributed by atoms with Crippen LogP contribution in [0.25, 0.3) is 0 Å². The van der Waals surface area contributed by atoms with Crippen LogP contribution < -0.4 is 5.32 Å². The smallest absolute Gasteiger partial charge is 0.272 e. The maximum Gasteiger partial charge on any atom is 0.272 e. The van der Waals surface area contributed by atoms with Crippen LogP contribution in [0.2, 0.25) is 0 Å². The first kappa shape index (κ1) is 18.0. The highest BCUT2D eigenvalue weighted by Crippen LogP contribution is 2.18. The van der Waals surface area contributed by atoms with E-state index in [2.05, 4.69) is 36.5 Å². The van der Waals surface area contributed by atoms with Crippen molar-refractivity contribution in [2.45, 2.75) is 19.6 Å². The minimum absolute atomic E-state index is 0.0280. The molecule has 2 rings (SSSR count). The Morgan fingerprint density at radius 1 is 1.17 bits per heavy atom. The predicted octanol–water partition coefficient (Wildman–Crippen LogP) is 3.87. The monoisotopic (exact) mass is 344 g/mol. The molecule has 0 heterocycles. The summed E-state index contributed by atoms with van der Waals surface area (Å²) in [4.78, 5) is 22.4. The van der Waals surface area contributed by atoms with Crippen molar-refractivity contribution in [3.8, 4) is 0 Å². The molecular weight excluding hydrogens is 324 g/mol. The highest BCUT2D eigenvalue weighted by molar-refractivity contribution is 7.98. The number of thioether (sulfide) groups is 1. The third-order valence-electron chi connectivity index (χ3n) is 3.58. The zero-order valence-corrected chi connectivity index (χ0v) is 14.6. The summed E-state index contributed by atoms with van der Waals surface area (Å²) < 4.78 is 0. The molecule has 126 valence electrons. The number of nitro benzene ring substituents is 1. The van der Waals surface area contributed by atoms with Gasteiger partial charge in [-0.05, 0) is 31.5 Å². The average molecular weight is 344 g/mol. The molecule has 0 saturated carbocycles. The van der Waals surface area contributed by atoms with Crippen molar-refractivity contribution >= 4 is 23.4 Å². The van der Waals surface area contributed by atoms with Gasteiger partial charge >= 0.3 is 0 Å². The average Bonchev–Trinajstić information content (AvgIpc) is 2.55. The van der Waals surface area contributed by atoms with Crippen LogP contribution in [0.4, 0.5) is 5.69 Å². The Morgan fingerprint density at radius 3 is 2.50 bits per heavy atom. The minimum Gasteiger partial charge on any atom is -0.351 e. The number of carbonyl (C=O) groups is 1. The molecule has 0 aliphatic carbocycles. The second-order valence-electron chi connectivity index (χ2n) is 5.55. The lowest BCUT2D eigenvalue weighted by molar-refractivity contribution is -0.385. The Labute approximate surface area is 145 Å². The van der Waals surface area contributed by atoms with Gasteiger partial charge in [0, 0.05) is 35.2 Å². The van der Waals surface area contributed by atoms with Crippen LogP contribution in [0.5, 0.6) is 0 Å². The summed E-state index contributed by atoms with van der Waals surface area (Å²) in [6.07, 6.45) is 0. The van der Waals surface area contributed by atoms with Gasteiger partial charge in [-0.1, -0.05) is 29.8 Å². The molecule has 5 nitrogen and oxygen atoms in total. The van der Waals surface area contributed by atoms with Gasteiger partial charge in [-0.15, -0.1) is 0 Å². The molecule has 0 unspecified atom stereocenters. The van der Waals surface area contributed by atoms with Crippen molar-refractivity contribution in [2.75, 3.05) is 12.3 Å². The van der Waals surface area contributed by atoms with Crippen molar-refractivity contribution in [1.82, 2.24) is 5.32 Å². The Hall–Kier alpha value is -2.34. The Morgan fingerprint density at radius 2 is 1.88 bits per heavy atom. The highest BCUT2D eigenvalue weighted by atomic mass is 32.2. The molecule has 0 spiro atoms. The van der Waals surface area contributed by atoms with E-state index in [0.717, 1.165) is 11.5 Å². The van der Waals surface area contributed by atoms with Gasteiger partial charge < -0.3 is 5.32 Å². The molecule has 0 atom stereocenters. The molecule has 2 aromatic rings. The molecular formula is C18H20N2O3S. The topological polar surface area (TPSA) is 72.2 Å². The number of nitro groups is 1. The van der Waals surface area contributed by atoms with Crippen molar-refractivity contribution < 1.29 is 9.72 Å². The largest absolute Gasteiger partial charge is 0.351 e. The summed E-state index contributed by atoms with van der Waals surface area (Å²) >= 11 is 1.75. The lowest BCUT2D eigenvalue weighted by atomic mass is 10.1. The number of benzene rings is 2. The van der Waals surface area contributed by atoms with E-state index in [1.807, 2.05) is 0 Å². The molecule has 24 heavy (non-hydrogen) atoms. The number of amides is 1. The van der Waals surface area contributed by atoms with Crippen LogP contribution in [0, 0.1) is 24.0 Å². The third kappa shape index (κ3) is 5.09. The molecule has 0 fully saturated rings. The first-order valence-electron chi connectivity index (χ1n) is 7.64. The van der Waals surface area contributed by atoms with E-state index in [9.17, 15) is 14.9 Å². The standard InChI is InChI=1S/C18H20N2O3S/c1-13-3-5-15(6-4-13)12-24-10-9-19-18(21)16-7-8-17(20(22)23)14(2)11-16/h3-8,11H,9-10,12H2,1-2H3,(H,19,21). The van der Waals surface area contributed by atoms with Gasteiger partial charge in [0.2, 0.25) is 0 Å². The number of rotatable bonds is 7. The van der Waals surface area contributed by atoms with Gasteiger partial charge in [0.25, 0.3) is 11.6 Å². The van der Waals surface area contributed by atoms with Gasteiger partial charge in [-0.2, -0.15) is 11.8 Å². The van der Waals surface area contributed by atoms with E-state index in [0.29, 0.717) is 17.7 Å². The van der Waals surface area contributed by atoms with Gasteiger partial charge in [-0.25, -0.2) is 0 Å². The predicted molar refractivity (Wildman–Crippen MR) is 97.5 cm³/mol. The second-order valence-corrected chi connectivity index (χ2v) is 6.66. The quantitative estimate of drug-likeness (QED) is 0.470. The Balaban J connectivity index is 1.76. The molecule has 0 aromatic heterocycles. The molecule has 1 N–H and O–H groups in total. The first-order chi connectivity index (χ1) is 11.5. The Kier molecular flexibility index (Phi) is 6.37. The van der Waals surface area contributed by atoms with Crippen LogP contribution in [0.15, 0.2) is 42.5 Å². The number of carbonyl (C=O) groups excluding carboxylic acids is 1. The molecule has 6 heteroatoms. The minimum atomic E-state index is -0.446. The lowest BCUT2D eigenvalue weighted by Crippen LogP contribution is -2.25. The van der Waals surface area contributed by atoms with E-state index >= 15 is 0 Å². The van der Waals surface area contributed by atoms with Crippen LogP contribution >= 0.6 is 11.8 Å². The highest BCUT2D eigenvalue weighted by Gasteiger charge is 2.13. The lowest BCUT2D eigenvalue weighted by Gasteiger charge is -2.06. The number of nitrogens with zero attached hydrogens (tertiary/aromatic N) is 1. The summed E-state index contributed by atoms with van der Waals surface area (Å²) in [5.41, 5.74) is 3.47. The normalized spacial score (nSPS) is 10.4. The zero-order valence-electron chi connectivity index (χ0n) is 13.7. The summed E-state index contributed by atoms with van der Waals surface area (Å²) in [5.74, 6) is 1.52. The number of aryl methyl sites for hydroxylation is 2. The molecule has 1 amide bonds. The molecule has 0 saturated heterocycles. The fourth-order valence-corrected chi connectivity index (χ4v) is 3.03. The fraction of sp³-hybridized carbons (Fsp3) is 0.278. The molecule has 2 aromatic carbocycles. The van der Waals surface area contributed by atoms with Crippen molar-refractivity contribution in [1.29, 1.82) is 0 Å². The van der Waals surface area contributed by atoms with Crippen molar-refractivity contribution in [3.63, 3.8) is 0 Å². The summed E-state index contributed by atoms with van der Waals surface area (Å²) in [5, 5.41) is 13.6. The van der Waals surface area contributed by atoms with Crippen LogP contribution in [0.3, 0.4) is 0 Å². The second kappa shape index (κ2) is 8.49. The van der Waals surface area contributed by atoms with E-state index in [1.165, 1.54) is 23.3 Å². The SMILES string of the molecule is Cc1ccc(CSCCNC(=O)c2ccc([N+](=O)[O-])c(C)c2)cc1. The van der Waals surface area contributed by atoms with Gasteiger partial charge in [0.05, 0.1) is 4.92 Å². The fourth-order valence-electron chi connectivity index (χ4n) is 2.21. The van der Waals surface area contributed by atoms with Crippen molar-refractivity contribution in [3.05, 3.63) is 74.8 Å². The van der Waals surface area contributed by atoms with Gasteiger partial charge in [0.15, 0.2) is 0 Å². The van der Waals surface area contributed by atoms with E-state index in [4.69, 9.17) is 0 Å². The third-order valence-corrected chi connectivity index (χ3v) is 4.61. The summed E-state index contributed by atoms with van der Waals surface area (Å²) in [7, 11) is 0. The first-order valence-corrected chi connectivity index (χ1v) is 8.79. The van der Waals surface area contributed by atoms with E-state index in [-0.39, 0.29) is 11.6 Å². The van der Waals surface area contributed by atoms with Crippen LogP contribution in [-0.4, -0.2) is 23.1 Å². The van der Waals surface area contributed by atoms with E-state index in [1.54, 1.807) is 24.8 Å².